The molecule has 0 aliphatic carbocycles. The number of nitrogens with one attached hydrogen (secondary N) is 1. The molecular weight excluding hydrogens is 200 g/mol. The summed E-state index contributed by atoms with van der Waals surface area (Å²) < 4.78 is 2.03. The Morgan fingerprint density at radius 1 is 1.38 bits per heavy atom. The highest BCUT2D eigenvalue weighted by atomic mass is 15.0. The molecule has 84 valence electrons. The van der Waals surface area contributed by atoms with Gasteiger partial charge >= 0.3 is 0 Å². The topological polar surface area (TPSA) is 42.7 Å². The summed E-state index contributed by atoms with van der Waals surface area (Å²) in [6.45, 7) is 2.19. The van der Waals surface area contributed by atoms with Crippen molar-refractivity contribution in [3.05, 3.63) is 24.2 Å². The number of piperidine rings is 1. The lowest BCUT2D eigenvalue weighted by Crippen LogP contribution is -2.27. The van der Waals surface area contributed by atoms with Crippen LogP contribution in [-0.4, -0.2) is 27.6 Å². The van der Waals surface area contributed by atoms with Crippen LogP contribution in [0.25, 0.3) is 11.2 Å². The second-order valence-corrected chi connectivity index (χ2v) is 4.45. The van der Waals surface area contributed by atoms with E-state index in [2.05, 4.69) is 10.3 Å². The summed E-state index contributed by atoms with van der Waals surface area (Å²) in [5, 5.41) is 3.37. The molecule has 4 heteroatoms. The van der Waals surface area contributed by atoms with Gasteiger partial charge in [0.15, 0.2) is 5.65 Å². The number of fused-ring (bicyclic) bond motifs is 1. The molecule has 0 radical (unpaired) electrons. The summed E-state index contributed by atoms with van der Waals surface area (Å²) in [6.07, 6.45) is 6.30. The fourth-order valence-electron chi connectivity index (χ4n) is 2.35. The Morgan fingerprint density at radius 2 is 2.19 bits per heavy atom. The highest BCUT2D eigenvalue weighted by molar-refractivity contribution is 5.70. The van der Waals surface area contributed by atoms with E-state index in [1.807, 2.05) is 30.1 Å². The summed E-state index contributed by atoms with van der Waals surface area (Å²) in [5.74, 6) is 0.577. The number of nitrogens with zero attached hydrogens (tertiary/aromatic N) is 3. The third-order valence-corrected chi connectivity index (χ3v) is 3.35. The molecule has 0 saturated carbocycles. The van der Waals surface area contributed by atoms with E-state index < -0.39 is 0 Å². The van der Waals surface area contributed by atoms with E-state index >= 15 is 0 Å². The molecule has 1 N–H and O–H groups in total. The van der Waals surface area contributed by atoms with Crippen molar-refractivity contribution in [1.82, 2.24) is 19.9 Å². The largest absolute Gasteiger partial charge is 0.334 e. The van der Waals surface area contributed by atoms with Crippen LogP contribution >= 0.6 is 0 Å². The van der Waals surface area contributed by atoms with Gasteiger partial charge in [0.25, 0.3) is 0 Å². The Kier molecular flexibility index (Phi) is 2.36. The number of aromatic nitrogens is 3. The second-order valence-electron chi connectivity index (χ2n) is 4.45. The van der Waals surface area contributed by atoms with E-state index in [1.54, 1.807) is 0 Å². The Balaban J connectivity index is 1.99. The van der Waals surface area contributed by atoms with Gasteiger partial charge in [-0.25, -0.2) is 4.98 Å². The molecule has 16 heavy (non-hydrogen) atoms. The molecular formula is C12H16N4. The third-order valence-electron chi connectivity index (χ3n) is 3.35. The van der Waals surface area contributed by atoms with Crippen molar-refractivity contribution in [2.24, 2.45) is 7.05 Å². The van der Waals surface area contributed by atoms with Gasteiger partial charge in [-0.3, -0.25) is 4.98 Å². The predicted octanol–water partition coefficient (Wildman–Crippen LogP) is 1.44. The lowest BCUT2D eigenvalue weighted by Gasteiger charge is -2.21. The summed E-state index contributed by atoms with van der Waals surface area (Å²) in [4.78, 5) is 9.20. The van der Waals surface area contributed by atoms with E-state index in [0.29, 0.717) is 5.92 Å². The monoisotopic (exact) mass is 216 g/mol. The van der Waals surface area contributed by atoms with Crippen molar-refractivity contribution in [1.29, 1.82) is 0 Å². The van der Waals surface area contributed by atoms with Gasteiger partial charge in [-0.15, -0.1) is 0 Å². The van der Waals surface area contributed by atoms with Crippen LogP contribution in [0, 0.1) is 0 Å². The number of aryl methyl sites for hydroxylation is 1. The van der Waals surface area contributed by atoms with Gasteiger partial charge in [-0.1, -0.05) is 0 Å². The molecule has 3 rings (SSSR count). The van der Waals surface area contributed by atoms with Crippen molar-refractivity contribution < 1.29 is 0 Å². The van der Waals surface area contributed by atoms with Crippen molar-refractivity contribution in [3.8, 4) is 0 Å². The van der Waals surface area contributed by atoms with Crippen LogP contribution in [0.15, 0.2) is 18.5 Å². The van der Waals surface area contributed by atoms with Crippen LogP contribution in [0.5, 0.6) is 0 Å². The van der Waals surface area contributed by atoms with Crippen molar-refractivity contribution >= 4 is 11.2 Å². The van der Waals surface area contributed by atoms with Crippen LogP contribution in [-0.2, 0) is 7.05 Å². The van der Waals surface area contributed by atoms with E-state index in [-0.39, 0.29) is 0 Å². The van der Waals surface area contributed by atoms with Gasteiger partial charge in [0.2, 0.25) is 0 Å². The predicted molar refractivity (Wildman–Crippen MR) is 63.4 cm³/mol. The molecule has 0 spiro atoms. The van der Waals surface area contributed by atoms with Gasteiger partial charge in [0.05, 0.1) is 5.69 Å². The van der Waals surface area contributed by atoms with Crippen LogP contribution < -0.4 is 5.32 Å². The number of rotatable bonds is 1. The van der Waals surface area contributed by atoms with Gasteiger partial charge in [-0.05, 0) is 32.0 Å². The second kappa shape index (κ2) is 3.87. The van der Waals surface area contributed by atoms with E-state index in [4.69, 9.17) is 4.98 Å². The third kappa shape index (κ3) is 1.59. The van der Waals surface area contributed by atoms with Crippen LogP contribution in [0.4, 0.5) is 0 Å². The first-order chi connectivity index (χ1) is 7.84. The molecule has 0 unspecified atom stereocenters. The quantitative estimate of drug-likeness (QED) is 0.784. The lowest BCUT2D eigenvalue weighted by molar-refractivity contribution is 0.453. The Morgan fingerprint density at radius 3 is 3.00 bits per heavy atom. The summed E-state index contributed by atoms with van der Waals surface area (Å²) in [6, 6.07) is 2.01. The van der Waals surface area contributed by atoms with Gasteiger partial charge < -0.3 is 9.88 Å². The molecule has 2 aromatic heterocycles. The maximum absolute atomic E-state index is 4.73. The average Bonchev–Trinajstić information content (AvgIpc) is 2.72. The van der Waals surface area contributed by atoms with Crippen LogP contribution in [0.1, 0.15) is 24.5 Å². The minimum atomic E-state index is 0.577. The molecule has 1 aliphatic heterocycles. The smallest absolute Gasteiger partial charge is 0.158 e. The standard InChI is InChI=1S/C12H16N4/c1-16-7-4-10-12(16)15-11(8-14-10)9-2-5-13-6-3-9/h4,7-9,13H,2-3,5-6H2,1H3. The molecule has 2 aromatic rings. The molecule has 0 atom stereocenters. The number of hydrogen-bond donors (Lipinski definition) is 1. The molecule has 4 nitrogen and oxygen atoms in total. The lowest BCUT2D eigenvalue weighted by atomic mass is 9.95. The fraction of sp³-hybridized carbons (Fsp3) is 0.500. The van der Waals surface area contributed by atoms with Crippen LogP contribution in [0.3, 0.4) is 0 Å². The normalized spacial score (nSPS) is 18.1. The average molecular weight is 216 g/mol. The Bertz CT molecular complexity index is 497. The van der Waals surface area contributed by atoms with E-state index in [9.17, 15) is 0 Å². The zero-order chi connectivity index (χ0) is 11.0. The molecule has 0 aromatic carbocycles. The highest BCUT2D eigenvalue weighted by Crippen LogP contribution is 2.24. The summed E-state index contributed by atoms with van der Waals surface area (Å²) in [7, 11) is 2.02. The minimum Gasteiger partial charge on any atom is -0.334 e. The minimum absolute atomic E-state index is 0.577. The zero-order valence-corrected chi connectivity index (χ0v) is 9.48. The molecule has 1 fully saturated rings. The molecule has 0 bridgehead atoms. The molecule has 3 heterocycles. The summed E-state index contributed by atoms with van der Waals surface area (Å²) in [5.41, 5.74) is 3.13. The first kappa shape index (κ1) is 9.78. The first-order valence-electron chi connectivity index (χ1n) is 5.83. The Hall–Kier alpha value is -1.42. The van der Waals surface area contributed by atoms with Crippen LogP contribution in [0.2, 0.25) is 0 Å². The van der Waals surface area contributed by atoms with Crippen molar-refractivity contribution in [3.63, 3.8) is 0 Å². The molecule has 1 saturated heterocycles. The van der Waals surface area contributed by atoms with E-state index in [0.717, 1.165) is 29.9 Å². The van der Waals surface area contributed by atoms with E-state index in [1.165, 1.54) is 12.8 Å². The van der Waals surface area contributed by atoms with Gasteiger partial charge in [-0.2, -0.15) is 0 Å². The van der Waals surface area contributed by atoms with Crippen molar-refractivity contribution in [2.45, 2.75) is 18.8 Å². The first-order valence-corrected chi connectivity index (χ1v) is 5.83. The number of hydrogen-bond acceptors (Lipinski definition) is 3. The highest BCUT2D eigenvalue weighted by Gasteiger charge is 2.17. The zero-order valence-electron chi connectivity index (χ0n) is 9.48. The van der Waals surface area contributed by atoms with Gasteiger partial charge in [0.1, 0.15) is 5.52 Å². The maximum atomic E-state index is 4.73. The SMILES string of the molecule is Cn1ccc2ncc(C3CCNCC3)nc21. The van der Waals surface area contributed by atoms with Crippen molar-refractivity contribution in [2.75, 3.05) is 13.1 Å². The Labute approximate surface area is 94.7 Å². The molecule has 1 aliphatic rings. The van der Waals surface area contributed by atoms with Gasteiger partial charge in [0, 0.05) is 25.4 Å². The fourth-order valence-corrected chi connectivity index (χ4v) is 2.35. The maximum Gasteiger partial charge on any atom is 0.158 e. The summed E-state index contributed by atoms with van der Waals surface area (Å²) >= 11 is 0. The molecule has 0 amide bonds.